The smallest absolute Gasteiger partial charge is 0.0783 e. The van der Waals surface area contributed by atoms with Gasteiger partial charge in [0, 0.05) is 18.4 Å². The molecular formula is C17H31NOS. The summed E-state index contributed by atoms with van der Waals surface area (Å²) in [5.41, 5.74) is 0.242. The molecule has 3 heteroatoms. The molecule has 0 aromatic rings. The van der Waals surface area contributed by atoms with Crippen LogP contribution in [-0.4, -0.2) is 36.8 Å². The molecule has 1 N–H and O–H groups in total. The van der Waals surface area contributed by atoms with Crippen LogP contribution < -0.4 is 5.32 Å². The molecular weight excluding hydrogens is 266 g/mol. The van der Waals surface area contributed by atoms with Gasteiger partial charge in [-0.2, -0.15) is 11.8 Å². The molecule has 5 unspecified atom stereocenters. The summed E-state index contributed by atoms with van der Waals surface area (Å²) in [5.74, 6) is 5.29. The Morgan fingerprint density at radius 1 is 1.30 bits per heavy atom. The lowest BCUT2D eigenvalue weighted by molar-refractivity contribution is -0.0879. The SMILES string of the molecule is CCC1CCC(C(NC)C2CCOC3(CCSC3)C2)C1. The Hall–Kier alpha value is 0.270. The highest BCUT2D eigenvalue weighted by molar-refractivity contribution is 7.99. The summed E-state index contributed by atoms with van der Waals surface area (Å²) in [6, 6.07) is 0.734. The minimum atomic E-state index is 0.242. The molecule has 2 heterocycles. The fraction of sp³-hybridized carbons (Fsp3) is 1.00. The molecule has 116 valence electrons. The van der Waals surface area contributed by atoms with Gasteiger partial charge >= 0.3 is 0 Å². The normalized spacial score (nSPS) is 43.2. The molecule has 2 saturated heterocycles. The van der Waals surface area contributed by atoms with E-state index in [2.05, 4.69) is 31.1 Å². The molecule has 1 saturated carbocycles. The first kappa shape index (κ1) is 15.2. The minimum absolute atomic E-state index is 0.242. The average molecular weight is 298 g/mol. The van der Waals surface area contributed by atoms with Crippen molar-refractivity contribution in [2.45, 2.75) is 63.5 Å². The van der Waals surface area contributed by atoms with E-state index >= 15 is 0 Å². The van der Waals surface area contributed by atoms with Crippen molar-refractivity contribution in [3.8, 4) is 0 Å². The number of nitrogens with one attached hydrogen (secondary N) is 1. The van der Waals surface area contributed by atoms with Crippen LogP contribution in [0.5, 0.6) is 0 Å². The van der Waals surface area contributed by atoms with Gasteiger partial charge in [0.2, 0.25) is 0 Å². The van der Waals surface area contributed by atoms with Crippen LogP contribution in [0.25, 0.3) is 0 Å². The summed E-state index contributed by atoms with van der Waals surface area (Å²) in [4.78, 5) is 0. The highest BCUT2D eigenvalue weighted by Crippen LogP contribution is 2.44. The summed E-state index contributed by atoms with van der Waals surface area (Å²) in [5, 5.41) is 3.70. The van der Waals surface area contributed by atoms with Crippen LogP contribution in [0.15, 0.2) is 0 Å². The first-order valence-electron chi connectivity index (χ1n) is 8.65. The monoisotopic (exact) mass is 297 g/mol. The van der Waals surface area contributed by atoms with Crippen molar-refractivity contribution >= 4 is 11.8 Å². The van der Waals surface area contributed by atoms with Gasteiger partial charge in [-0.25, -0.2) is 0 Å². The van der Waals surface area contributed by atoms with Crippen LogP contribution in [0.3, 0.4) is 0 Å². The molecule has 1 aliphatic carbocycles. The third-order valence-corrected chi connectivity index (χ3v) is 7.33. The average Bonchev–Trinajstić information content (AvgIpc) is 3.10. The van der Waals surface area contributed by atoms with E-state index in [-0.39, 0.29) is 5.60 Å². The topological polar surface area (TPSA) is 21.3 Å². The van der Waals surface area contributed by atoms with Crippen LogP contribution in [0.4, 0.5) is 0 Å². The molecule has 0 amide bonds. The lowest BCUT2D eigenvalue weighted by Crippen LogP contribution is -2.48. The lowest BCUT2D eigenvalue weighted by Gasteiger charge is -2.42. The van der Waals surface area contributed by atoms with E-state index in [4.69, 9.17) is 4.74 Å². The summed E-state index contributed by atoms with van der Waals surface area (Å²) in [6.07, 6.45) is 9.60. The Labute approximate surface area is 128 Å². The number of rotatable bonds is 4. The largest absolute Gasteiger partial charge is 0.374 e. The molecule has 3 rings (SSSR count). The summed E-state index contributed by atoms with van der Waals surface area (Å²) < 4.78 is 6.21. The van der Waals surface area contributed by atoms with Gasteiger partial charge in [0.15, 0.2) is 0 Å². The van der Waals surface area contributed by atoms with Crippen molar-refractivity contribution in [1.82, 2.24) is 5.32 Å². The van der Waals surface area contributed by atoms with Gasteiger partial charge in [-0.15, -0.1) is 0 Å². The lowest BCUT2D eigenvalue weighted by atomic mass is 9.76. The van der Waals surface area contributed by atoms with E-state index in [9.17, 15) is 0 Å². The van der Waals surface area contributed by atoms with E-state index in [1.54, 1.807) is 0 Å². The minimum Gasteiger partial charge on any atom is -0.374 e. The zero-order valence-electron chi connectivity index (χ0n) is 13.2. The fourth-order valence-electron chi connectivity index (χ4n) is 4.90. The van der Waals surface area contributed by atoms with Gasteiger partial charge in [0.05, 0.1) is 5.60 Å². The molecule has 3 fully saturated rings. The summed E-state index contributed by atoms with van der Waals surface area (Å²) >= 11 is 2.09. The Kier molecular flexibility index (Phi) is 4.99. The molecule has 20 heavy (non-hydrogen) atoms. The number of thioether (sulfide) groups is 1. The number of hydrogen-bond acceptors (Lipinski definition) is 3. The Morgan fingerprint density at radius 3 is 2.85 bits per heavy atom. The first-order valence-corrected chi connectivity index (χ1v) is 9.81. The van der Waals surface area contributed by atoms with E-state index < -0.39 is 0 Å². The van der Waals surface area contributed by atoms with E-state index in [1.165, 1.54) is 56.5 Å². The number of hydrogen-bond donors (Lipinski definition) is 1. The predicted molar refractivity (Wildman–Crippen MR) is 87.3 cm³/mol. The van der Waals surface area contributed by atoms with Gasteiger partial charge in [-0.3, -0.25) is 0 Å². The van der Waals surface area contributed by atoms with Crippen LogP contribution in [-0.2, 0) is 4.74 Å². The maximum Gasteiger partial charge on any atom is 0.0783 e. The molecule has 0 bridgehead atoms. The van der Waals surface area contributed by atoms with Crippen LogP contribution >= 0.6 is 11.8 Å². The van der Waals surface area contributed by atoms with Gasteiger partial charge in [0.25, 0.3) is 0 Å². The van der Waals surface area contributed by atoms with Crippen LogP contribution in [0, 0.1) is 17.8 Å². The molecule has 2 aliphatic heterocycles. The predicted octanol–water partition coefficient (Wildman–Crippen LogP) is 3.70. The molecule has 0 aromatic heterocycles. The van der Waals surface area contributed by atoms with Crippen molar-refractivity contribution in [2.75, 3.05) is 25.2 Å². The van der Waals surface area contributed by atoms with Gasteiger partial charge in [0.1, 0.15) is 0 Å². The van der Waals surface area contributed by atoms with Crippen molar-refractivity contribution in [1.29, 1.82) is 0 Å². The molecule has 3 aliphatic rings. The second-order valence-electron chi connectivity index (χ2n) is 7.25. The highest BCUT2D eigenvalue weighted by atomic mass is 32.2. The second-order valence-corrected chi connectivity index (χ2v) is 8.35. The first-order chi connectivity index (χ1) is 9.76. The second kappa shape index (κ2) is 6.58. The van der Waals surface area contributed by atoms with E-state index in [0.717, 1.165) is 30.4 Å². The van der Waals surface area contributed by atoms with E-state index in [1.807, 2.05) is 0 Å². The third-order valence-electron chi connectivity index (χ3n) is 6.11. The van der Waals surface area contributed by atoms with Gasteiger partial charge < -0.3 is 10.1 Å². The maximum absolute atomic E-state index is 6.21. The van der Waals surface area contributed by atoms with Crippen molar-refractivity contribution in [3.05, 3.63) is 0 Å². The van der Waals surface area contributed by atoms with Crippen LogP contribution in [0.2, 0.25) is 0 Å². The Bertz CT molecular complexity index is 316. The Balaban J connectivity index is 1.63. The quantitative estimate of drug-likeness (QED) is 0.855. The molecule has 2 nitrogen and oxygen atoms in total. The molecule has 0 radical (unpaired) electrons. The van der Waals surface area contributed by atoms with Crippen molar-refractivity contribution in [2.24, 2.45) is 17.8 Å². The molecule has 0 aromatic carbocycles. The standard InChI is InChI=1S/C17H31NOS/c1-3-13-4-5-14(10-13)16(18-2)15-6-8-19-17(11-15)7-9-20-12-17/h13-16,18H,3-12H2,1-2H3. The number of ether oxygens (including phenoxy) is 1. The van der Waals surface area contributed by atoms with Gasteiger partial charge in [-0.1, -0.05) is 19.8 Å². The zero-order chi connectivity index (χ0) is 14.0. The molecule has 1 spiro atoms. The third kappa shape index (κ3) is 3.05. The summed E-state index contributed by atoms with van der Waals surface area (Å²) in [7, 11) is 2.19. The zero-order valence-corrected chi connectivity index (χ0v) is 14.0. The fourth-order valence-corrected chi connectivity index (χ4v) is 6.28. The molecule has 5 atom stereocenters. The van der Waals surface area contributed by atoms with Gasteiger partial charge in [-0.05, 0) is 62.7 Å². The van der Waals surface area contributed by atoms with Crippen molar-refractivity contribution in [3.63, 3.8) is 0 Å². The maximum atomic E-state index is 6.21. The van der Waals surface area contributed by atoms with E-state index in [0.29, 0.717) is 0 Å². The Morgan fingerprint density at radius 2 is 2.20 bits per heavy atom. The highest BCUT2D eigenvalue weighted by Gasteiger charge is 2.44. The summed E-state index contributed by atoms with van der Waals surface area (Å²) in [6.45, 7) is 3.36. The van der Waals surface area contributed by atoms with Crippen molar-refractivity contribution < 1.29 is 4.74 Å². The van der Waals surface area contributed by atoms with Crippen LogP contribution in [0.1, 0.15) is 51.9 Å².